The molecule has 0 bridgehead atoms. The van der Waals surface area contributed by atoms with Gasteiger partial charge in [-0.2, -0.15) is 0 Å². The smallest absolute Gasteiger partial charge is 0.303 e. The highest BCUT2D eigenvalue weighted by atomic mass is 16.8. The number of carbonyl (C=O) groups excluding carboxylic acids is 7. The number of ether oxygens (including phenoxy) is 10. The Bertz CT molecular complexity index is 1340. The number of azide groups is 1. The Hall–Kier alpha value is -4.56. The summed E-state index contributed by atoms with van der Waals surface area (Å²) in [5, 5.41) is 6.05. The molecular formula is C32H48N4O17. The van der Waals surface area contributed by atoms with Crippen LogP contribution >= 0.6 is 0 Å². The van der Waals surface area contributed by atoms with Crippen molar-refractivity contribution in [2.75, 3.05) is 26.4 Å². The summed E-state index contributed by atoms with van der Waals surface area (Å²) in [6.45, 7) is 7.08. The van der Waals surface area contributed by atoms with Gasteiger partial charge in [0.05, 0.1) is 0 Å². The molecule has 2 aliphatic heterocycles. The van der Waals surface area contributed by atoms with E-state index in [0.717, 1.165) is 54.9 Å². The van der Waals surface area contributed by atoms with Gasteiger partial charge in [-0.25, -0.2) is 0 Å². The molecule has 0 aromatic carbocycles. The fraction of sp³-hybridized carbons (Fsp3) is 0.781. The maximum absolute atomic E-state index is 12.5. The molecule has 21 heteroatoms. The zero-order chi connectivity index (χ0) is 39.7. The third-order valence-electron chi connectivity index (χ3n) is 7.51. The molecule has 298 valence electrons. The molecule has 2 rings (SSSR count). The number of esters is 6. The summed E-state index contributed by atoms with van der Waals surface area (Å²) in [6.07, 6.45) is -10.7. The lowest BCUT2D eigenvalue weighted by atomic mass is 9.94. The summed E-state index contributed by atoms with van der Waals surface area (Å²) >= 11 is 0. The van der Waals surface area contributed by atoms with Gasteiger partial charge in [-0.1, -0.05) is 18.0 Å². The van der Waals surface area contributed by atoms with Crippen LogP contribution in [0.1, 0.15) is 74.1 Å². The average Bonchev–Trinajstić information content (AvgIpc) is 3.04. The highest BCUT2D eigenvalue weighted by Crippen LogP contribution is 2.34. The number of carbonyl (C=O) groups is 7. The third-order valence-corrected chi connectivity index (χ3v) is 7.51. The number of nitrogens with zero attached hydrogens (tertiary/aromatic N) is 3. The van der Waals surface area contributed by atoms with Crippen molar-refractivity contribution < 1.29 is 80.9 Å². The van der Waals surface area contributed by atoms with Crippen molar-refractivity contribution in [2.45, 2.75) is 135 Å². The maximum atomic E-state index is 12.5. The number of rotatable bonds is 19. The second-order valence-electron chi connectivity index (χ2n) is 12.1. The molecule has 0 aliphatic carbocycles. The predicted octanol–water partition coefficient (Wildman–Crippen LogP) is 1.07. The first-order valence-corrected chi connectivity index (χ1v) is 16.9. The number of unbranched alkanes of at least 4 members (excludes halogenated alkanes) is 3. The molecule has 0 saturated carbocycles. The number of nitrogens with one attached hydrogen (secondary N) is 1. The van der Waals surface area contributed by atoms with E-state index < -0.39 is 116 Å². The fourth-order valence-corrected chi connectivity index (χ4v) is 5.60. The van der Waals surface area contributed by atoms with Crippen LogP contribution in [0.15, 0.2) is 5.11 Å². The van der Waals surface area contributed by atoms with Crippen molar-refractivity contribution in [3.05, 3.63) is 10.4 Å². The van der Waals surface area contributed by atoms with E-state index >= 15 is 0 Å². The van der Waals surface area contributed by atoms with Gasteiger partial charge in [-0.05, 0) is 18.4 Å². The van der Waals surface area contributed by atoms with Crippen molar-refractivity contribution in [1.29, 1.82) is 0 Å². The topological polar surface area (TPSA) is 273 Å². The molecule has 0 radical (unpaired) electrons. The van der Waals surface area contributed by atoms with Crippen molar-refractivity contribution in [3.63, 3.8) is 0 Å². The van der Waals surface area contributed by atoms with E-state index in [1.165, 1.54) is 0 Å². The first-order valence-electron chi connectivity index (χ1n) is 16.9. The van der Waals surface area contributed by atoms with Crippen LogP contribution in [0, 0.1) is 0 Å². The van der Waals surface area contributed by atoms with Crippen LogP contribution in [0.5, 0.6) is 0 Å². The minimum Gasteiger partial charge on any atom is -0.463 e. The van der Waals surface area contributed by atoms with Gasteiger partial charge < -0.3 is 52.7 Å². The Balaban J connectivity index is 2.60. The summed E-state index contributed by atoms with van der Waals surface area (Å²) in [7, 11) is 0. The zero-order valence-corrected chi connectivity index (χ0v) is 30.7. The van der Waals surface area contributed by atoms with Gasteiger partial charge in [0, 0.05) is 66.5 Å². The first-order chi connectivity index (χ1) is 25.0. The molecule has 0 unspecified atom stereocenters. The van der Waals surface area contributed by atoms with Gasteiger partial charge in [0.15, 0.2) is 37.0 Å². The van der Waals surface area contributed by atoms with Crippen molar-refractivity contribution in [1.82, 2.24) is 5.32 Å². The molecule has 2 saturated heterocycles. The van der Waals surface area contributed by atoms with Crippen LogP contribution < -0.4 is 5.32 Å². The quantitative estimate of drug-likeness (QED) is 0.0481. The Kier molecular flexibility index (Phi) is 18.9. The Labute approximate surface area is 305 Å². The van der Waals surface area contributed by atoms with Crippen LogP contribution in [0.4, 0.5) is 0 Å². The molecule has 0 aromatic heterocycles. The Morgan fingerprint density at radius 1 is 0.604 bits per heavy atom. The predicted molar refractivity (Wildman–Crippen MR) is 174 cm³/mol. The van der Waals surface area contributed by atoms with Crippen molar-refractivity contribution >= 4 is 41.7 Å². The Morgan fingerprint density at radius 3 is 1.62 bits per heavy atom. The SMILES string of the molecule is CC(=O)N[C@H]1[C@H](O[C@@H]2[C@H](OC(C)=O)[C@@H](OC(C)=O)[C@H](OCCCCCCN=[N+]=[N-])O[C@@H]2COC(C)=O)O[C@H](COC(C)=O)[C@H](OC(C)=O)[C@@H]1OC(C)=O. The highest BCUT2D eigenvalue weighted by molar-refractivity contribution is 5.74. The molecule has 2 heterocycles. The van der Waals surface area contributed by atoms with Crippen LogP contribution in [-0.4, -0.2) is 129 Å². The van der Waals surface area contributed by atoms with Gasteiger partial charge in [-0.15, -0.1) is 0 Å². The van der Waals surface area contributed by atoms with Gasteiger partial charge >= 0.3 is 35.8 Å². The minimum atomic E-state index is -1.68. The molecule has 0 aromatic rings. The van der Waals surface area contributed by atoms with E-state index in [9.17, 15) is 33.6 Å². The van der Waals surface area contributed by atoms with E-state index in [-0.39, 0.29) is 6.61 Å². The zero-order valence-electron chi connectivity index (χ0n) is 30.7. The molecule has 2 fully saturated rings. The number of hydrogen-bond acceptors (Lipinski definition) is 18. The number of hydrogen-bond donors (Lipinski definition) is 1. The van der Waals surface area contributed by atoms with E-state index in [1.807, 2.05) is 0 Å². The molecular weight excluding hydrogens is 712 g/mol. The maximum Gasteiger partial charge on any atom is 0.303 e. The second kappa shape index (κ2) is 22.5. The van der Waals surface area contributed by atoms with Crippen LogP contribution in [0.25, 0.3) is 10.4 Å². The fourth-order valence-electron chi connectivity index (χ4n) is 5.60. The molecule has 53 heavy (non-hydrogen) atoms. The van der Waals surface area contributed by atoms with Crippen LogP contribution in [0.2, 0.25) is 0 Å². The summed E-state index contributed by atoms with van der Waals surface area (Å²) in [6, 6.07) is -1.44. The standard InChI is InChI=1S/C32H48N4O17/c1-16(37)35-25-28(48-20(5)41)26(47-19(4)40)23(14-45-17(2)38)51-31(25)53-27-24(15-46-18(3)39)52-32(44-13-11-9-8-10-12-34-36-33)30(50-22(7)43)29(27)49-21(6)42/h23-32H,8-15H2,1-7H3,(H,35,37)/t23-,24-,25-,26+,27+,28-,29+,30-,31+,32-/m1/s1. The van der Waals surface area contributed by atoms with E-state index in [2.05, 4.69) is 15.3 Å². The lowest BCUT2D eigenvalue weighted by molar-refractivity contribution is -0.349. The van der Waals surface area contributed by atoms with Gasteiger partial charge in [0.25, 0.3) is 0 Å². The highest BCUT2D eigenvalue weighted by Gasteiger charge is 2.56. The van der Waals surface area contributed by atoms with Gasteiger partial charge in [0.2, 0.25) is 5.91 Å². The minimum absolute atomic E-state index is 0.0817. The molecule has 2 aliphatic rings. The van der Waals surface area contributed by atoms with Crippen LogP contribution in [-0.2, 0) is 80.9 Å². The number of amides is 1. The van der Waals surface area contributed by atoms with Crippen LogP contribution in [0.3, 0.4) is 0 Å². The summed E-state index contributed by atoms with van der Waals surface area (Å²) < 4.78 is 57.1. The monoisotopic (exact) mass is 760 g/mol. The van der Waals surface area contributed by atoms with E-state index in [0.29, 0.717) is 25.8 Å². The molecule has 1 N–H and O–H groups in total. The molecule has 1 amide bonds. The summed E-state index contributed by atoms with van der Waals surface area (Å²) in [5.74, 6) is -5.47. The van der Waals surface area contributed by atoms with Gasteiger partial charge in [0.1, 0.15) is 37.6 Å². The summed E-state index contributed by atoms with van der Waals surface area (Å²) in [4.78, 5) is 88.4. The average molecular weight is 761 g/mol. The normalized spacial score (nSPS) is 27.9. The largest absolute Gasteiger partial charge is 0.463 e. The van der Waals surface area contributed by atoms with Gasteiger partial charge in [-0.3, -0.25) is 33.6 Å². The lowest BCUT2D eigenvalue weighted by Crippen LogP contribution is -2.69. The summed E-state index contributed by atoms with van der Waals surface area (Å²) in [5.41, 5.74) is 8.44. The second-order valence-corrected chi connectivity index (χ2v) is 12.1. The molecule has 0 spiro atoms. The third kappa shape index (κ3) is 15.5. The van der Waals surface area contributed by atoms with E-state index in [1.54, 1.807) is 0 Å². The van der Waals surface area contributed by atoms with Crippen molar-refractivity contribution in [3.8, 4) is 0 Å². The molecule has 10 atom stereocenters. The Morgan fingerprint density at radius 2 is 1.09 bits per heavy atom. The lowest BCUT2D eigenvalue weighted by Gasteiger charge is -2.49. The first kappa shape index (κ1) is 44.6. The van der Waals surface area contributed by atoms with Crippen molar-refractivity contribution in [2.24, 2.45) is 5.11 Å². The van der Waals surface area contributed by atoms with E-state index in [4.69, 9.17) is 52.9 Å². The molecule has 21 nitrogen and oxygen atoms in total.